The number of nitrogens with two attached hydrogens (primary N) is 1. The quantitative estimate of drug-likeness (QED) is 0.284. The molecule has 0 saturated heterocycles. The summed E-state index contributed by atoms with van der Waals surface area (Å²) in [5.74, 6) is 3.98. The smallest absolute Gasteiger partial charge is 0.325 e. The van der Waals surface area contributed by atoms with E-state index in [0.717, 1.165) is 0 Å². The first-order valence-corrected chi connectivity index (χ1v) is 4.11. The van der Waals surface area contributed by atoms with Crippen LogP contribution >= 0.6 is 0 Å². The molecule has 0 radical (unpaired) electrons. The van der Waals surface area contributed by atoms with E-state index in [4.69, 9.17) is 15.3 Å². The molecule has 0 aliphatic carbocycles. The molecule has 7 heteroatoms. The van der Waals surface area contributed by atoms with Crippen molar-refractivity contribution in [3.05, 3.63) is 0 Å². The summed E-state index contributed by atoms with van der Waals surface area (Å²) < 4.78 is 0. The van der Waals surface area contributed by atoms with Crippen molar-refractivity contribution in [2.75, 3.05) is 26.4 Å². The third kappa shape index (κ3) is 3.99. The van der Waals surface area contributed by atoms with Gasteiger partial charge in [0.2, 0.25) is 0 Å². The van der Waals surface area contributed by atoms with Crippen LogP contribution in [0.5, 0.6) is 0 Å². The third-order valence-corrected chi connectivity index (χ3v) is 1.87. The number of aliphatic hydroxyl groups is 3. The number of hydrogen-bond donors (Lipinski definition) is 5. The summed E-state index contributed by atoms with van der Waals surface area (Å²) >= 11 is 0. The molecule has 0 bridgehead atoms. The van der Waals surface area contributed by atoms with Crippen LogP contribution in [0.1, 0.15) is 6.42 Å². The van der Waals surface area contributed by atoms with Crippen molar-refractivity contribution in [2.45, 2.75) is 12.0 Å². The Hall–Kier alpha value is -0.730. The molecule has 0 aliphatic rings. The minimum absolute atomic E-state index is 0.00174. The summed E-state index contributed by atoms with van der Waals surface area (Å²) in [6.45, 7) is -1.15. The second kappa shape index (κ2) is 6.68. The van der Waals surface area contributed by atoms with Crippen LogP contribution in [0.2, 0.25) is 0 Å². The molecule has 6 N–H and O–H groups in total. The number of nitrogens with one attached hydrogen (secondary N) is 1. The SMILES string of the molecule is NOC(=O)CCNC(CO)(CO)CO. The first kappa shape index (κ1) is 13.3. The molecular formula is C7H16N2O5. The Labute approximate surface area is 81.4 Å². The lowest BCUT2D eigenvalue weighted by molar-refractivity contribution is -0.144. The van der Waals surface area contributed by atoms with Gasteiger partial charge in [-0.05, 0) is 0 Å². The van der Waals surface area contributed by atoms with Crippen LogP contribution in [-0.4, -0.2) is 53.2 Å². The fourth-order valence-electron chi connectivity index (χ4n) is 0.806. The molecule has 0 amide bonds. The van der Waals surface area contributed by atoms with E-state index in [1.54, 1.807) is 0 Å². The first-order chi connectivity index (χ1) is 6.64. The van der Waals surface area contributed by atoms with Gasteiger partial charge < -0.3 is 25.5 Å². The van der Waals surface area contributed by atoms with E-state index < -0.39 is 31.3 Å². The third-order valence-electron chi connectivity index (χ3n) is 1.87. The Balaban J connectivity index is 3.88. The van der Waals surface area contributed by atoms with E-state index >= 15 is 0 Å². The predicted octanol–water partition coefficient (Wildman–Crippen LogP) is -2.90. The highest BCUT2D eigenvalue weighted by Crippen LogP contribution is 2.01. The lowest BCUT2D eigenvalue weighted by Crippen LogP contribution is -2.55. The molecule has 0 saturated carbocycles. The highest BCUT2D eigenvalue weighted by molar-refractivity contribution is 5.69. The Kier molecular flexibility index (Phi) is 6.34. The minimum atomic E-state index is -1.17. The lowest BCUT2D eigenvalue weighted by atomic mass is 10.0. The van der Waals surface area contributed by atoms with Gasteiger partial charge in [0.05, 0.1) is 31.8 Å². The molecule has 0 unspecified atom stereocenters. The molecule has 0 atom stereocenters. The summed E-state index contributed by atoms with van der Waals surface area (Å²) in [6, 6.07) is 0. The van der Waals surface area contributed by atoms with E-state index in [-0.39, 0.29) is 13.0 Å². The van der Waals surface area contributed by atoms with E-state index in [1.807, 2.05) is 0 Å². The minimum Gasteiger partial charge on any atom is -0.394 e. The standard InChI is InChI=1S/C7H16N2O5/c8-14-6(13)1-2-9-7(3-10,4-11)5-12/h9-12H,1-5,8H2. The molecule has 0 heterocycles. The van der Waals surface area contributed by atoms with Gasteiger partial charge >= 0.3 is 5.97 Å². The van der Waals surface area contributed by atoms with E-state index in [2.05, 4.69) is 16.1 Å². The van der Waals surface area contributed by atoms with Gasteiger partial charge in [-0.15, -0.1) is 0 Å². The number of rotatable bonds is 7. The summed E-state index contributed by atoms with van der Waals surface area (Å²) in [4.78, 5) is 14.5. The van der Waals surface area contributed by atoms with E-state index in [1.165, 1.54) is 0 Å². The number of carbonyl (C=O) groups is 1. The Morgan fingerprint density at radius 1 is 1.29 bits per heavy atom. The van der Waals surface area contributed by atoms with Gasteiger partial charge in [0.15, 0.2) is 0 Å². The van der Waals surface area contributed by atoms with Crippen molar-refractivity contribution in [1.29, 1.82) is 0 Å². The topological polar surface area (TPSA) is 125 Å². The highest BCUT2D eigenvalue weighted by Gasteiger charge is 2.27. The molecule has 84 valence electrons. The highest BCUT2D eigenvalue weighted by atomic mass is 16.7. The average Bonchev–Trinajstić information content (AvgIpc) is 2.25. The summed E-state index contributed by atoms with van der Waals surface area (Å²) in [5.41, 5.74) is -1.17. The van der Waals surface area contributed by atoms with Crippen LogP contribution in [0.4, 0.5) is 0 Å². The van der Waals surface area contributed by atoms with Crippen LogP contribution in [0.3, 0.4) is 0 Å². The van der Waals surface area contributed by atoms with E-state index in [0.29, 0.717) is 0 Å². The number of hydrogen-bond acceptors (Lipinski definition) is 7. The van der Waals surface area contributed by atoms with E-state index in [9.17, 15) is 4.79 Å². The van der Waals surface area contributed by atoms with Crippen LogP contribution < -0.4 is 11.2 Å². The molecule has 0 aromatic heterocycles. The molecule has 7 nitrogen and oxygen atoms in total. The molecule has 0 rings (SSSR count). The summed E-state index contributed by atoms with van der Waals surface area (Å²) in [7, 11) is 0. The zero-order chi connectivity index (χ0) is 11.0. The van der Waals surface area contributed by atoms with Gasteiger partial charge in [0, 0.05) is 6.54 Å². The fraction of sp³-hybridized carbons (Fsp3) is 0.857. The van der Waals surface area contributed by atoms with Crippen LogP contribution in [0, 0.1) is 0 Å². The maximum Gasteiger partial charge on any atom is 0.325 e. The summed E-state index contributed by atoms with van der Waals surface area (Å²) in [5, 5.41) is 29.3. The molecule has 14 heavy (non-hydrogen) atoms. The molecule has 0 aromatic rings. The second-order valence-electron chi connectivity index (χ2n) is 2.92. The van der Waals surface area contributed by atoms with Crippen molar-refractivity contribution in [3.63, 3.8) is 0 Å². The first-order valence-electron chi connectivity index (χ1n) is 4.11. The maximum atomic E-state index is 10.6. The van der Waals surface area contributed by atoms with Gasteiger partial charge in [-0.2, -0.15) is 5.90 Å². The van der Waals surface area contributed by atoms with Crippen molar-refractivity contribution in [3.8, 4) is 0 Å². The Morgan fingerprint density at radius 3 is 2.14 bits per heavy atom. The lowest BCUT2D eigenvalue weighted by Gasteiger charge is -2.28. The van der Waals surface area contributed by atoms with Crippen LogP contribution in [0.15, 0.2) is 0 Å². The Bertz CT molecular complexity index is 163. The summed E-state index contributed by atoms with van der Waals surface area (Å²) in [6.07, 6.45) is -0.00174. The van der Waals surface area contributed by atoms with Crippen molar-refractivity contribution < 1.29 is 25.0 Å². The monoisotopic (exact) mass is 208 g/mol. The van der Waals surface area contributed by atoms with Crippen LogP contribution in [-0.2, 0) is 9.63 Å². The average molecular weight is 208 g/mol. The fourth-order valence-corrected chi connectivity index (χ4v) is 0.806. The zero-order valence-corrected chi connectivity index (χ0v) is 7.77. The zero-order valence-electron chi connectivity index (χ0n) is 7.77. The van der Waals surface area contributed by atoms with Crippen molar-refractivity contribution >= 4 is 5.97 Å². The molecule has 0 aromatic carbocycles. The van der Waals surface area contributed by atoms with Gasteiger partial charge in [-0.1, -0.05) is 0 Å². The van der Waals surface area contributed by atoms with Crippen molar-refractivity contribution in [2.24, 2.45) is 5.90 Å². The van der Waals surface area contributed by atoms with Crippen molar-refractivity contribution in [1.82, 2.24) is 5.32 Å². The van der Waals surface area contributed by atoms with Gasteiger partial charge in [-0.3, -0.25) is 4.79 Å². The predicted molar refractivity (Wildman–Crippen MR) is 46.9 cm³/mol. The van der Waals surface area contributed by atoms with Gasteiger partial charge in [0.1, 0.15) is 0 Å². The normalized spacial score (nSPS) is 11.4. The molecule has 0 aliphatic heterocycles. The van der Waals surface area contributed by atoms with Crippen LogP contribution in [0.25, 0.3) is 0 Å². The number of carbonyl (C=O) groups excluding carboxylic acids is 1. The Morgan fingerprint density at radius 2 is 1.79 bits per heavy atom. The molecular weight excluding hydrogens is 192 g/mol. The van der Waals surface area contributed by atoms with Gasteiger partial charge in [0.25, 0.3) is 0 Å². The van der Waals surface area contributed by atoms with Gasteiger partial charge in [-0.25, -0.2) is 0 Å². The maximum absolute atomic E-state index is 10.6. The number of aliphatic hydroxyl groups excluding tert-OH is 3. The molecule has 0 fully saturated rings. The second-order valence-corrected chi connectivity index (χ2v) is 2.92. The largest absolute Gasteiger partial charge is 0.394 e. The molecule has 0 spiro atoms.